The Morgan fingerprint density at radius 3 is 2.86 bits per heavy atom. The third kappa shape index (κ3) is 3.58. The van der Waals surface area contributed by atoms with E-state index in [9.17, 15) is 9.59 Å². The van der Waals surface area contributed by atoms with Crippen LogP contribution in [0.1, 0.15) is 13.0 Å². The van der Waals surface area contributed by atoms with E-state index in [0.717, 1.165) is 4.88 Å². The highest BCUT2D eigenvalue weighted by Crippen LogP contribution is 2.21. The fraction of sp³-hybridized carbons (Fsp3) is 0.111. The number of nitrogens with one attached hydrogen (secondary N) is 1. The van der Waals surface area contributed by atoms with E-state index in [1.165, 1.54) is 28.4 Å². The molecule has 4 heterocycles. The van der Waals surface area contributed by atoms with Crippen LogP contribution in [0, 0.1) is 0 Å². The Hall–Kier alpha value is -3.66. The van der Waals surface area contributed by atoms with Crippen LogP contribution in [0.15, 0.2) is 65.3 Å². The lowest BCUT2D eigenvalue weighted by Gasteiger charge is -2.14. The Balaban J connectivity index is 1.57. The van der Waals surface area contributed by atoms with Gasteiger partial charge in [-0.05, 0) is 30.5 Å². The van der Waals surface area contributed by atoms with Gasteiger partial charge in [0.1, 0.15) is 23.9 Å². The van der Waals surface area contributed by atoms with Crippen LogP contribution in [0.4, 0.5) is 5.82 Å². The zero-order chi connectivity index (χ0) is 19.5. The Morgan fingerprint density at radius 2 is 2.11 bits per heavy atom. The zero-order valence-corrected chi connectivity index (χ0v) is 15.6. The van der Waals surface area contributed by atoms with Gasteiger partial charge in [-0.25, -0.2) is 19.3 Å². The third-order valence-electron chi connectivity index (χ3n) is 3.99. The Morgan fingerprint density at radius 1 is 1.21 bits per heavy atom. The smallest absolute Gasteiger partial charge is 0.267 e. The molecule has 4 aromatic rings. The number of carbonyl (C=O) groups excluding carboxylic acids is 1. The topological polar surface area (TPSA) is 108 Å². The van der Waals surface area contributed by atoms with Gasteiger partial charge in [0.25, 0.3) is 5.56 Å². The second-order valence-corrected chi connectivity index (χ2v) is 6.80. The first-order valence-electron chi connectivity index (χ1n) is 8.38. The first-order valence-corrected chi connectivity index (χ1v) is 9.26. The van der Waals surface area contributed by atoms with Gasteiger partial charge < -0.3 is 5.32 Å². The molecule has 0 aromatic carbocycles. The number of rotatable bonds is 5. The highest BCUT2D eigenvalue weighted by molar-refractivity contribution is 7.13. The van der Waals surface area contributed by atoms with Crippen LogP contribution < -0.4 is 10.9 Å². The predicted octanol–water partition coefficient (Wildman–Crippen LogP) is 2.15. The predicted molar refractivity (Wildman–Crippen MR) is 104 cm³/mol. The standard InChI is InChI=1S/C18H15N7O2S/c1-12(25-17(26)6-5-13(23-25)14-4-2-9-28-14)18(27)22-15-10-16(20-11-19-15)24-8-3-7-21-24/h2-12H,1H3,(H,19,20,22,27). The normalized spacial score (nSPS) is 11.9. The number of hydrogen-bond donors (Lipinski definition) is 1. The lowest BCUT2D eigenvalue weighted by molar-refractivity contribution is -0.119. The summed E-state index contributed by atoms with van der Waals surface area (Å²) < 4.78 is 2.72. The molecule has 1 atom stereocenters. The molecule has 0 saturated carbocycles. The summed E-state index contributed by atoms with van der Waals surface area (Å²) in [5, 5.41) is 13.1. The van der Waals surface area contributed by atoms with Crippen LogP contribution in [0.3, 0.4) is 0 Å². The highest BCUT2D eigenvalue weighted by atomic mass is 32.1. The monoisotopic (exact) mass is 393 g/mol. The van der Waals surface area contributed by atoms with Crippen molar-refractivity contribution in [3.63, 3.8) is 0 Å². The van der Waals surface area contributed by atoms with Gasteiger partial charge in [-0.3, -0.25) is 9.59 Å². The number of hydrogen-bond acceptors (Lipinski definition) is 7. The van der Waals surface area contributed by atoms with Crippen molar-refractivity contribution < 1.29 is 4.79 Å². The molecular weight excluding hydrogens is 378 g/mol. The van der Waals surface area contributed by atoms with Gasteiger partial charge in [0.15, 0.2) is 5.82 Å². The maximum Gasteiger partial charge on any atom is 0.267 e. The van der Waals surface area contributed by atoms with E-state index < -0.39 is 11.9 Å². The molecule has 1 amide bonds. The SMILES string of the molecule is CC(C(=O)Nc1cc(-n2cccn2)ncn1)n1nc(-c2cccs2)ccc1=O. The second-order valence-electron chi connectivity index (χ2n) is 5.86. The molecule has 28 heavy (non-hydrogen) atoms. The average molecular weight is 393 g/mol. The van der Waals surface area contributed by atoms with Crippen molar-refractivity contribution in [1.29, 1.82) is 0 Å². The van der Waals surface area contributed by atoms with Crippen LogP contribution in [0.5, 0.6) is 0 Å². The molecule has 0 aliphatic rings. The summed E-state index contributed by atoms with van der Waals surface area (Å²) in [7, 11) is 0. The summed E-state index contributed by atoms with van der Waals surface area (Å²) in [6.07, 6.45) is 4.69. The van der Waals surface area contributed by atoms with E-state index >= 15 is 0 Å². The van der Waals surface area contributed by atoms with E-state index in [-0.39, 0.29) is 5.56 Å². The molecule has 0 spiro atoms. The van der Waals surface area contributed by atoms with E-state index in [2.05, 4.69) is 25.5 Å². The molecule has 140 valence electrons. The summed E-state index contributed by atoms with van der Waals surface area (Å²) in [5.41, 5.74) is 0.278. The number of thiophene rings is 1. The lowest BCUT2D eigenvalue weighted by atomic mass is 10.3. The van der Waals surface area contributed by atoms with E-state index in [1.54, 1.807) is 42.2 Å². The fourth-order valence-corrected chi connectivity index (χ4v) is 3.24. The van der Waals surface area contributed by atoms with Gasteiger partial charge in [0.05, 0.1) is 4.88 Å². The first-order chi connectivity index (χ1) is 13.6. The van der Waals surface area contributed by atoms with E-state index in [0.29, 0.717) is 17.3 Å². The van der Waals surface area contributed by atoms with Crippen molar-refractivity contribution in [3.8, 4) is 16.4 Å². The van der Waals surface area contributed by atoms with Crippen molar-refractivity contribution in [2.45, 2.75) is 13.0 Å². The van der Waals surface area contributed by atoms with Crippen molar-refractivity contribution in [2.75, 3.05) is 5.32 Å². The molecule has 0 saturated heterocycles. The summed E-state index contributed by atoms with van der Waals surface area (Å²) in [4.78, 5) is 34.0. The third-order valence-corrected chi connectivity index (χ3v) is 4.88. The number of aromatic nitrogens is 6. The van der Waals surface area contributed by atoms with Gasteiger partial charge in [-0.15, -0.1) is 11.3 Å². The summed E-state index contributed by atoms with van der Waals surface area (Å²) >= 11 is 1.51. The number of anilines is 1. The fourth-order valence-electron chi connectivity index (χ4n) is 2.55. The Kier molecular flexibility index (Phi) is 4.77. The van der Waals surface area contributed by atoms with Gasteiger partial charge in [-0.2, -0.15) is 10.2 Å². The Labute approximate surface area is 163 Å². The number of amides is 1. The van der Waals surface area contributed by atoms with Crippen LogP contribution in [-0.4, -0.2) is 35.4 Å². The molecular formula is C18H15N7O2S. The molecule has 0 aliphatic heterocycles. The highest BCUT2D eigenvalue weighted by Gasteiger charge is 2.19. The largest absolute Gasteiger partial charge is 0.309 e. The minimum atomic E-state index is -0.824. The molecule has 10 heteroatoms. The molecule has 0 fully saturated rings. The summed E-state index contributed by atoms with van der Waals surface area (Å²) in [6, 6.07) is 9.40. The lowest BCUT2D eigenvalue weighted by Crippen LogP contribution is -2.33. The molecule has 4 aromatic heterocycles. The molecule has 1 N–H and O–H groups in total. The molecule has 9 nitrogen and oxygen atoms in total. The first kappa shape index (κ1) is 17.7. The summed E-state index contributed by atoms with van der Waals surface area (Å²) in [6.45, 7) is 1.61. The molecule has 0 aliphatic carbocycles. The van der Waals surface area contributed by atoms with Gasteiger partial charge >= 0.3 is 0 Å². The van der Waals surface area contributed by atoms with E-state index in [4.69, 9.17) is 0 Å². The molecule has 1 unspecified atom stereocenters. The molecule has 4 rings (SSSR count). The van der Waals surface area contributed by atoms with Gasteiger partial charge in [0.2, 0.25) is 5.91 Å². The molecule has 0 bridgehead atoms. The van der Waals surface area contributed by atoms with Crippen molar-refractivity contribution >= 4 is 23.1 Å². The summed E-state index contributed by atoms with van der Waals surface area (Å²) in [5.74, 6) is 0.404. The van der Waals surface area contributed by atoms with Gasteiger partial charge in [0, 0.05) is 24.5 Å². The van der Waals surface area contributed by atoms with Crippen LogP contribution in [-0.2, 0) is 4.79 Å². The van der Waals surface area contributed by atoms with Crippen LogP contribution in [0.25, 0.3) is 16.4 Å². The molecule has 0 radical (unpaired) electrons. The Bertz CT molecular complexity index is 1150. The maximum atomic E-state index is 12.7. The average Bonchev–Trinajstić information content (AvgIpc) is 3.42. The number of carbonyl (C=O) groups is 1. The van der Waals surface area contributed by atoms with Crippen molar-refractivity contribution in [3.05, 3.63) is 70.9 Å². The minimum absolute atomic E-state index is 0.305. The van der Waals surface area contributed by atoms with E-state index in [1.807, 2.05) is 17.5 Å². The number of nitrogens with zero attached hydrogens (tertiary/aromatic N) is 6. The minimum Gasteiger partial charge on any atom is -0.309 e. The zero-order valence-electron chi connectivity index (χ0n) is 14.8. The quantitative estimate of drug-likeness (QED) is 0.557. The van der Waals surface area contributed by atoms with Crippen LogP contribution >= 0.6 is 11.3 Å². The van der Waals surface area contributed by atoms with Crippen molar-refractivity contribution in [1.82, 2.24) is 29.5 Å². The second kappa shape index (κ2) is 7.53. The van der Waals surface area contributed by atoms with Gasteiger partial charge in [-0.1, -0.05) is 6.07 Å². The van der Waals surface area contributed by atoms with Crippen molar-refractivity contribution in [2.24, 2.45) is 0 Å². The maximum absolute atomic E-state index is 12.7. The van der Waals surface area contributed by atoms with Crippen LogP contribution in [0.2, 0.25) is 0 Å².